The van der Waals surface area contributed by atoms with Crippen LogP contribution in [-0.4, -0.2) is 19.9 Å². The van der Waals surface area contributed by atoms with Gasteiger partial charge in [0, 0.05) is 39.0 Å². The number of hydrogen-bond donors (Lipinski definition) is 0. The van der Waals surface area contributed by atoms with Crippen LogP contribution in [0.5, 0.6) is 0 Å². The molecule has 44 heavy (non-hydrogen) atoms. The van der Waals surface area contributed by atoms with E-state index in [0.717, 1.165) is 60.6 Å². The van der Waals surface area contributed by atoms with E-state index < -0.39 is 0 Å². The van der Waals surface area contributed by atoms with Crippen LogP contribution in [0.4, 0.5) is 0 Å². The molecular formula is C40H24N4. The van der Waals surface area contributed by atoms with E-state index in [4.69, 9.17) is 15.0 Å². The predicted octanol–water partition coefficient (Wildman–Crippen LogP) is 10.0. The Bertz CT molecular complexity index is 2550. The molecule has 3 aromatic heterocycles. The van der Waals surface area contributed by atoms with Crippen LogP contribution in [-0.2, 0) is 0 Å². The van der Waals surface area contributed by atoms with Crippen molar-refractivity contribution < 1.29 is 0 Å². The largest absolute Gasteiger partial charge is 0.252 e. The molecule has 3 heterocycles. The summed E-state index contributed by atoms with van der Waals surface area (Å²) in [5.74, 6) is 0.677. The number of nitrogens with zero attached hydrogens (tertiary/aromatic N) is 4. The van der Waals surface area contributed by atoms with Crippen molar-refractivity contribution in [3.63, 3.8) is 0 Å². The molecular weight excluding hydrogens is 536 g/mol. The lowest BCUT2D eigenvalue weighted by molar-refractivity contribution is 1.21. The van der Waals surface area contributed by atoms with Gasteiger partial charge >= 0.3 is 0 Å². The predicted molar refractivity (Wildman–Crippen MR) is 181 cm³/mol. The molecule has 0 unspecified atom stereocenters. The molecule has 0 radical (unpaired) electrons. The first-order chi connectivity index (χ1) is 21.8. The van der Waals surface area contributed by atoms with E-state index >= 15 is 0 Å². The third-order valence-corrected chi connectivity index (χ3v) is 8.49. The fourth-order valence-electron chi connectivity index (χ4n) is 6.36. The van der Waals surface area contributed by atoms with E-state index in [0.29, 0.717) is 5.82 Å². The lowest BCUT2D eigenvalue weighted by Gasteiger charge is -2.14. The average molecular weight is 561 g/mol. The standard InChI is InChI=1S/C40H24N4/c1-2-10-29-24-30(20-15-25(29)8-1)37-39-35(14-7-23-41-39)43-40(44-37)28-18-16-27(17-19-28)36-32-12-5-6-13-34(32)42-38-31-11-4-3-9-26(31)21-22-33(36)38/h1-24H. The molecule has 0 atom stereocenters. The van der Waals surface area contributed by atoms with Crippen molar-refractivity contribution in [2.45, 2.75) is 0 Å². The van der Waals surface area contributed by atoms with Crippen LogP contribution >= 0.6 is 0 Å². The van der Waals surface area contributed by atoms with Gasteiger partial charge in [0.1, 0.15) is 11.2 Å². The minimum Gasteiger partial charge on any atom is -0.252 e. The highest BCUT2D eigenvalue weighted by molar-refractivity contribution is 6.17. The monoisotopic (exact) mass is 560 g/mol. The van der Waals surface area contributed by atoms with Crippen LogP contribution in [0.15, 0.2) is 146 Å². The Morgan fingerprint density at radius 2 is 1.07 bits per heavy atom. The van der Waals surface area contributed by atoms with E-state index in [1.165, 1.54) is 21.7 Å². The second-order valence-electron chi connectivity index (χ2n) is 11.1. The quantitative estimate of drug-likeness (QED) is 0.159. The Morgan fingerprint density at radius 1 is 0.386 bits per heavy atom. The highest BCUT2D eigenvalue weighted by atomic mass is 14.9. The lowest BCUT2D eigenvalue weighted by Crippen LogP contribution is -1.97. The van der Waals surface area contributed by atoms with Crippen LogP contribution in [0.2, 0.25) is 0 Å². The van der Waals surface area contributed by atoms with Crippen LogP contribution in [0.25, 0.3) is 88.2 Å². The molecule has 0 aliphatic heterocycles. The molecule has 0 bridgehead atoms. The summed E-state index contributed by atoms with van der Waals surface area (Å²) in [6.45, 7) is 0. The van der Waals surface area contributed by atoms with Crippen LogP contribution in [0.3, 0.4) is 0 Å². The minimum atomic E-state index is 0.677. The topological polar surface area (TPSA) is 51.6 Å². The number of pyridine rings is 2. The van der Waals surface area contributed by atoms with Crippen molar-refractivity contribution in [2.24, 2.45) is 0 Å². The van der Waals surface area contributed by atoms with Gasteiger partial charge in [0.2, 0.25) is 0 Å². The van der Waals surface area contributed by atoms with Crippen molar-refractivity contribution in [2.75, 3.05) is 0 Å². The average Bonchev–Trinajstić information content (AvgIpc) is 3.10. The molecule has 0 N–H and O–H groups in total. The zero-order chi connectivity index (χ0) is 29.0. The zero-order valence-corrected chi connectivity index (χ0v) is 23.6. The molecule has 0 aliphatic rings. The van der Waals surface area contributed by atoms with Gasteiger partial charge in [0.05, 0.1) is 16.6 Å². The molecule has 204 valence electrons. The smallest absolute Gasteiger partial charge is 0.160 e. The second-order valence-corrected chi connectivity index (χ2v) is 11.1. The summed E-state index contributed by atoms with van der Waals surface area (Å²) in [5.41, 5.74) is 8.75. The van der Waals surface area contributed by atoms with Gasteiger partial charge in [-0.05, 0) is 46.0 Å². The highest BCUT2D eigenvalue weighted by Crippen LogP contribution is 2.38. The van der Waals surface area contributed by atoms with E-state index in [-0.39, 0.29) is 0 Å². The Kier molecular flexibility index (Phi) is 5.47. The van der Waals surface area contributed by atoms with E-state index in [1.807, 2.05) is 12.1 Å². The first-order valence-corrected chi connectivity index (χ1v) is 14.7. The molecule has 9 aromatic rings. The number of fused-ring (bicyclic) bond motifs is 6. The van der Waals surface area contributed by atoms with Gasteiger partial charge < -0.3 is 0 Å². The fraction of sp³-hybridized carbons (Fsp3) is 0. The summed E-state index contributed by atoms with van der Waals surface area (Å²) < 4.78 is 0. The molecule has 0 amide bonds. The number of para-hydroxylation sites is 1. The number of aromatic nitrogens is 4. The van der Waals surface area contributed by atoms with Gasteiger partial charge in [-0.25, -0.2) is 15.0 Å². The summed E-state index contributed by atoms with van der Waals surface area (Å²) in [6.07, 6.45) is 1.80. The summed E-state index contributed by atoms with van der Waals surface area (Å²) in [5, 5.41) is 6.99. The summed E-state index contributed by atoms with van der Waals surface area (Å²) in [7, 11) is 0. The van der Waals surface area contributed by atoms with Gasteiger partial charge in [-0.3, -0.25) is 4.98 Å². The van der Waals surface area contributed by atoms with Crippen LogP contribution < -0.4 is 0 Å². The Hall–Kier alpha value is -6.00. The van der Waals surface area contributed by atoms with Gasteiger partial charge in [-0.2, -0.15) is 0 Å². The summed E-state index contributed by atoms with van der Waals surface area (Å²) in [6, 6.07) is 48.6. The molecule has 4 nitrogen and oxygen atoms in total. The molecule has 9 rings (SSSR count). The summed E-state index contributed by atoms with van der Waals surface area (Å²) in [4.78, 5) is 19.8. The molecule has 0 spiro atoms. The molecule has 0 fully saturated rings. The summed E-state index contributed by atoms with van der Waals surface area (Å²) >= 11 is 0. The lowest BCUT2D eigenvalue weighted by atomic mass is 9.93. The fourth-order valence-corrected chi connectivity index (χ4v) is 6.36. The first-order valence-electron chi connectivity index (χ1n) is 14.7. The van der Waals surface area contributed by atoms with Gasteiger partial charge in [0.25, 0.3) is 0 Å². The Balaban J connectivity index is 1.22. The SMILES string of the molecule is c1ccc2cc(-c3nc(-c4ccc(-c5c6ccccc6nc6c5ccc5ccccc56)cc4)nc4cccnc34)ccc2c1. The maximum Gasteiger partial charge on any atom is 0.160 e. The van der Waals surface area contributed by atoms with Gasteiger partial charge in [-0.1, -0.05) is 115 Å². The molecule has 0 aliphatic carbocycles. The van der Waals surface area contributed by atoms with E-state index in [2.05, 4.69) is 132 Å². The third kappa shape index (κ3) is 3.92. The number of benzene rings is 6. The number of hydrogen-bond acceptors (Lipinski definition) is 4. The van der Waals surface area contributed by atoms with Crippen LogP contribution in [0, 0.1) is 0 Å². The van der Waals surface area contributed by atoms with Crippen molar-refractivity contribution in [1.29, 1.82) is 0 Å². The van der Waals surface area contributed by atoms with Crippen LogP contribution in [0.1, 0.15) is 0 Å². The van der Waals surface area contributed by atoms with E-state index in [1.54, 1.807) is 6.20 Å². The molecule has 0 saturated carbocycles. The third-order valence-electron chi connectivity index (χ3n) is 8.49. The normalized spacial score (nSPS) is 11.6. The first kappa shape index (κ1) is 24.6. The molecule has 4 heteroatoms. The van der Waals surface area contributed by atoms with Crippen molar-refractivity contribution in [1.82, 2.24) is 19.9 Å². The maximum atomic E-state index is 5.12. The minimum absolute atomic E-state index is 0.677. The zero-order valence-electron chi connectivity index (χ0n) is 23.6. The molecule has 0 saturated heterocycles. The maximum absolute atomic E-state index is 5.12. The van der Waals surface area contributed by atoms with Crippen molar-refractivity contribution in [3.8, 4) is 33.8 Å². The molecule has 6 aromatic carbocycles. The van der Waals surface area contributed by atoms with E-state index in [9.17, 15) is 0 Å². The van der Waals surface area contributed by atoms with Gasteiger partial charge in [-0.15, -0.1) is 0 Å². The van der Waals surface area contributed by atoms with Crippen molar-refractivity contribution in [3.05, 3.63) is 146 Å². The second kappa shape index (κ2) is 9.79. The number of rotatable bonds is 3. The van der Waals surface area contributed by atoms with Crippen molar-refractivity contribution >= 4 is 54.4 Å². The Morgan fingerprint density at radius 3 is 1.95 bits per heavy atom. The highest BCUT2D eigenvalue weighted by Gasteiger charge is 2.16. The Labute approximate surface area is 253 Å². The van der Waals surface area contributed by atoms with Gasteiger partial charge in [0.15, 0.2) is 5.82 Å².